The summed E-state index contributed by atoms with van der Waals surface area (Å²) < 4.78 is 1.75. The smallest absolute Gasteiger partial charge is 0.255 e. The first-order chi connectivity index (χ1) is 12.0. The van der Waals surface area contributed by atoms with Gasteiger partial charge in [0.15, 0.2) is 5.65 Å². The molecule has 0 aliphatic carbocycles. The summed E-state index contributed by atoms with van der Waals surface area (Å²) in [4.78, 5) is 20.0. The van der Waals surface area contributed by atoms with E-state index < -0.39 is 0 Å². The van der Waals surface area contributed by atoms with E-state index in [1.165, 1.54) is 11.1 Å². The highest BCUT2D eigenvalue weighted by Gasteiger charge is 2.30. The summed E-state index contributed by atoms with van der Waals surface area (Å²) in [6.07, 6.45) is 0.894. The Morgan fingerprint density at radius 2 is 2.00 bits per heavy atom. The first-order valence-electron chi connectivity index (χ1n) is 8.67. The Balaban J connectivity index is 1.81. The maximum Gasteiger partial charge on any atom is 0.255 e. The van der Waals surface area contributed by atoms with E-state index in [0.717, 1.165) is 35.4 Å². The van der Waals surface area contributed by atoms with Gasteiger partial charge in [0.2, 0.25) is 0 Å². The summed E-state index contributed by atoms with van der Waals surface area (Å²) in [6, 6.07) is 10.4. The normalized spacial score (nSPS) is 17.0. The van der Waals surface area contributed by atoms with Gasteiger partial charge in [-0.3, -0.25) is 9.48 Å². The maximum atomic E-state index is 13.4. The SMILES string of the molecule is Cc1cc(C(=O)N2CCc3ccccc3C2C)c2c(C)nn(C)c2n1. The molecule has 3 aromatic rings. The van der Waals surface area contributed by atoms with Crippen LogP contribution in [0.25, 0.3) is 11.0 Å². The molecule has 0 saturated carbocycles. The van der Waals surface area contributed by atoms with Crippen molar-refractivity contribution in [3.63, 3.8) is 0 Å². The second-order valence-electron chi connectivity index (χ2n) is 6.84. The molecule has 1 atom stereocenters. The summed E-state index contributed by atoms with van der Waals surface area (Å²) in [5, 5.41) is 5.32. The topological polar surface area (TPSA) is 51.0 Å². The molecule has 1 aliphatic rings. The standard InChI is InChI=1S/C20H22N4O/c1-12-11-17(18-13(2)22-23(4)19(18)21-12)20(25)24-10-9-15-7-5-6-8-16(15)14(24)3/h5-8,11,14H,9-10H2,1-4H3. The van der Waals surface area contributed by atoms with Crippen LogP contribution in [-0.4, -0.2) is 32.1 Å². The monoisotopic (exact) mass is 334 g/mol. The highest BCUT2D eigenvalue weighted by Crippen LogP contribution is 2.32. The van der Waals surface area contributed by atoms with Crippen LogP contribution in [0.1, 0.15) is 45.8 Å². The van der Waals surface area contributed by atoms with Crippen molar-refractivity contribution in [2.75, 3.05) is 6.54 Å². The van der Waals surface area contributed by atoms with Gasteiger partial charge in [0, 0.05) is 19.3 Å². The highest BCUT2D eigenvalue weighted by atomic mass is 16.2. The lowest BCUT2D eigenvalue weighted by Gasteiger charge is -2.35. The molecule has 1 unspecified atom stereocenters. The summed E-state index contributed by atoms with van der Waals surface area (Å²) in [7, 11) is 1.87. The van der Waals surface area contributed by atoms with Crippen LogP contribution in [-0.2, 0) is 13.5 Å². The zero-order chi connectivity index (χ0) is 17.7. The van der Waals surface area contributed by atoms with Crippen LogP contribution in [0.5, 0.6) is 0 Å². The van der Waals surface area contributed by atoms with Crippen LogP contribution in [0.15, 0.2) is 30.3 Å². The van der Waals surface area contributed by atoms with Gasteiger partial charge >= 0.3 is 0 Å². The Morgan fingerprint density at radius 3 is 2.80 bits per heavy atom. The molecular formula is C20H22N4O. The van der Waals surface area contributed by atoms with Crippen molar-refractivity contribution in [2.24, 2.45) is 7.05 Å². The molecule has 25 heavy (non-hydrogen) atoms. The lowest BCUT2D eigenvalue weighted by Crippen LogP contribution is -2.39. The van der Waals surface area contributed by atoms with Crippen molar-refractivity contribution < 1.29 is 4.79 Å². The van der Waals surface area contributed by atoms with Crippen molar-refractivity contribution in [1.82, 2.24) is 19.7 Å². The Kier molecular flexibility index (Phi) is 3.60. The third-order valence-corrected chi connectivity index (χ3v) is 5.18. The van der Waals surface area contributed by atoms with Gasteiger partial charge in [0.25, 0.3) is 5.91 Å². The highest BCUT2D eigenvalue weighted by molar-refractivity contribution is 6.06. The van der Waals surface area contributed by atoms with Gasteiger partial charge < -0.3 is 4.90 Å². The Morgan fingerprint density at radius 1 is 1.24 bits per heavy atom. The number of amides is 1. The van der Waals surface area contributed by atoms with Crippen molar-refractivity contribution in [3.8, 4) is 0 Å². The number of pyridine rings is 1. The lowest BCUT2D eigenvalue weighted by atomic mass is 9.93. The number of hydrogen-bond donors (Lipinski definition) is 0. The predicted molar refractivity (Wildman–Crippen MR) is 97.6 cm³/mol. The number of fused-ring (bicyclic) bond motifs is 2. The van der Waals surface area contributed by atoms with E-state index in [4.69, 9.17) is 0 Å². The molecule has 128 valence electrons. The van der Waals surface area contributed by atoms with E-state index in [1.807, 2.05) is 37.9 Å². The Labute approximate surface area is 147 Å². The number of aromatic nitrogens is 3. The fourth-order valence-electron chi connectivity index (χ4n) is 3.94. The van der Waals surface area contributed by atoms with Crippen molar-refractivity contribution in [2.45, 2.75) is 33.2 Å². The molecule has 4 rings (SSSR count). The van der Waals surface area contributed by atoms with Crippen LogP contribution in [0.3, 0.4) is 0 Å². The van der Waals surface area contributed by atoms with Crippen LogP contribution in [0.2, 0.25) is 0 Å². The summed E-state index contributed by atoms with van der Waals surface area (Å²) in [6.45, 7) is 6.70. The minimum atomic E-state index is 0.0635. The van der Waals surface area contributed by atoms with Gasteiger partial charge in [0.1, 0.15) is 0 Å². The van der Waals surface area contributed by atoms with Gasteiger partial charge in [-0.1, -0.05) is 24.3 Å². The fraction of sp³-hybridized carbons (Fsp3) is 0.350. The third-order valence-electron chi connectivity index (χ3n) is 5.18. The summed E-state index contributed by atoms with van der Waals surface area (Å²) >= 11 is 0. The van der Waals surface area contributed by atoms with Gasteiger partial charge in [-0.25, -0.2) is 4.98 Å². The molecule has 0 bridgehead atoms. The van der Waals surface area contributed by atoms with Crippen LogP contribution >= 0.6 is 0 Å². The van der Waals surface area contributed by atoms with Gasteiger partial charge in [-0.2, -0.15) is 5.10 Å². The van der Waals surface area contributed by atoms with Gasteiger partial charge in [0.05, 0.1) is 22.7 Å². The molecule has 5 heteroatoms. The molecule has 0 fully saturated rings. The summed E-state index contributed by atoms with van der Waals surface area (Å²) in [5.74, 6) is 0.0635. The Hall–Kier alpha value is -2.69. The molecule has 1 aromatic carbocycles. The minimum Gasteiger partial charge on any atom is -0.332 e. The molecule has 0 saturated heterocycles. The molecule has 0 spiro atoms. The number of nitrogens with zero attached hydrogens (tertiary/aromatic N) is 4. The van der Waals surface area contributed by atoms with E-state index in [1.54, 1.807) is 4.68 Å². The predicted octanol–water partition coefficient (Wildman–Crippen LogP) is 3.34. The number of rotatable bonds is 1. The van der Waals surface area contributed by atoms with E-state index in [9.17, 15) is 4.79 Å². The number of carbonyl (C=O) groups excluding carboxylic acids is 1. The lowest BCUT2D eigenvalue weighted by molar-refractivity contribution is 0.0679. The van der Waals surface area contributed by atoms with Crippen LogP contribution in [0, 0.1) is 13.8 Å². The second-order valence-corrected chi connectivity index (χ2v) is 6.84. The molecule has 1 aliphatic heterocycles. The molecule has 5 nitrogen and oxygen atoms in total. The molecule has 1 amide bonds. The van der Waals surface area contributed by atoms with Crippen molar-refractivity contribution >= 4 is 16.9 Å². The quantitative estimate of drug-likeness (QED) is 0.686. The van der Waals surface area contributed by atoms with Crippen molar-refractivity contribution in [3.05, 3.63) is 58.4 Å². The first-order valence-corrected chi connectivity index (χ1v) is 8.67. The van der Waals surface area contributed by atoms with Crippen LogP contribution < -0.4 is 0 Å². The average Bonchev–Trinajstić information content (AvgIpc) is 2.88. The minimum absolute atomic E-state index is 0.0635. The zero-order valence-corrected chi connectivity index (χ0v) is 15.1. The fourth-order valence-corrected chi connectivity index (χ4v) is 3.94. The van der Waals surface area contributed by atoms with Crippen molar-refractivity contribution in [1.29, 1.82) is 0 Å². The number of benzene rings is 1. The Bertz CT molecular complexity index is 989. The largest absolute Gasteiger partial charge is 0.332 e. The summed E-state index contributed by atoms with van der Waals surface area (Å²) in [5.41, 5.74) is 5.74. The third kappa shape index (κ3) is 2.42. The molecule has 2 aromatic heterocycles. The van der Waals surface area contributed by atoms with Crippen LogP contribution in [0.4, 0.5) is 0 Å². The van der Waals surface area contributed by atoms with Gasteiger partial charge in [-0.15, -0.1) is 0 Å². The molecule has 0 N–H and O–H groups in total. The molecule has 0 radical (unpaired) electrons. The molecular weight excluding hydrogens is 312 g/mol. The second kappa shape index (κ2) is 5.69. The molecule has 3 heterocycles. The van der Waals surface area contributed by atoms with E-state index in [2.05, 4.69) is 35.2 Å². The first kappa shape index (κ1) is 15.8. The van der Waals surface area contributed by atoms with E-state index >= 15 is 0 Å². The number of hydrogen-bond acceptors (Lipinski definition) is 3. The average molecular weight is 334 g/mol. The van der Waals surface area contributed by atoms with Gasteiger partial charge in [-0.05, 0) is 44.4 Å². The zero-order valence-electron chi connectivity index (χ0n) is 15.1. The maximum absolute atomic E-state index is 13.4. The number of aryl methyl sites for hydroxylation is 3. The van der Waals surface area contributed by atoms with E-state index in [-0.39, 0.29) is 11.9 Å². The van der Waals surface area contributed by atoms with E-state index in [0.29, 0.717) is 5.56 Å². The number of carbonyl (C=O) groups is 1.